The summed E-state index contributed by atoms with van der Waals surface area (Å²) < 4.78 is 18.1. The first-order chi connectivity index (χ1) is 7.47. The number of halogens is 1. The van der Waals surface area contributed by atoms with Crippen molar-refractivity contribution in [2.24, 2.45) is 0 Å². The average molecular weight is 227 g/mol. The van der Waals surface area contributed by atoms with Crippen molar-refractivity contribution in [1.29, 1.82) is 0 Å². The van der Waals surface area contributed by atoms with Crippen LogP contribution in [0.15, 0.2) is 12.1 Å². The number of nitro benzene ring substituents is 1. The van der Waals surface area contributed by atoms with E-state index in [0.717, 1.165) is 6.07 Å². The van der Waals surface area contributed by atoms with Gasteiger partial charge in [0.15, 0.2) is 0 Å². The van der Waals surface area contributed by atoms with Crippen molar-refractivity contribution in [1.82, 2.24) is 0 Å². The van der Waals surface area contributed by atoms with Crippen LogP contribution in [0, 0.1) is 22.9 Å². The third-order valence-corrected chi connectivity index (χ3v) is 1.89. The van der Waals surface area contributed by atoms with Crippen LogP contribution in [-0.2, 0) is 4.74 Å². The van der Waals surface area contributed by atoms with Gasteiger partial charge < -0.3 is 4.74 Å². The summed E-state index contributed by atoms with van der Waals surface area (Å²) in [5.74, 6) is -2.05. The van der Waals surface area contributed by atoms with Crippen molar-refractivity contribution in [3.63, 3.8) is 0 Å². The molecule has 0 unspecified atom stereocenters. The van der Waals surface area contributed by atoms with Gasteiger partial charge in [-0.05, 0) is 25.5 Å². The van der Waals surface area contributed by atoms with Crippen molar-refractivity contribution < 1.29 is 18.8 Å². The molecule has 0 heterocycles. The Morgan fingerprint density at radius 1 is 1.56 bits per heavy atom. The summed E-state index contributed by atoms with van der Waals surface area (Å²) in [6.07, 6.45) is 0. The Morgan fingerprint density at radius 3 is 2.69 bits per heavy atom. The molecule has 1 aromatic rings. The Balaban J connectivity index is 3.29. The topological polar surface area (TPSA) is 69.4 Å². The third kappa shape index (κ3) is 2.33. The molecule has 16 heavy (non-hydrogen) atoms. The van der Waals surface area contributed by atoms with Crippen LogP contribution in [0.3, 0.4) is 0 Å². The van der Waals surface area contributed by atoms with Crippen LogP contribution < -0.4 is 0 Å². The number of aryl methyl sites for hydroxylation is 1. The fourth-order valence-corrected chi connectivity index (χ4v) is 1.24. The molecule has 1 rings (SSSR count). The smallest absolute Gasteiger partial charge is 0.341 e. The molecule has 86 valence electrons. The number of hydrogen-bond donors (Lipinski definition) is 0. The van der Waals surface area contributed by atoms with Gasteiger partial charge in [0, 0.05) is 6.07 Å². The zero-order valence-electron chi connectivity index (χ0n) is 8.82. The van der Waals surface area contributed by atoms with E-state index in [4.69, 9.17) is 0 Å². The number of benzene rings is 1. The highest BCUT2D eigenvalue weighted by atomic mass is 19.1. The molecule has 0 spiro atoms. The van der Waals surface area contributed by atoms with Gasteiger partial charge in [-0.15, -0.1) is 0 Å². The fraction of sp³-hybridized carbons (Fsp3) is 0.300. The van der Waals surface area contributed by atoms with Gasteiger partial charge >= 0.3 is 11.7 Å². The molecule has 0 aromatic heterocycles. The second kappa shape index (κ2) is 4.69. The SMILES string of the molecule is CCOC(=O)c1cc(C)cc([N+](=O)[O-])c1F. The van der Waals surface area contributed by atoms with Crippen LogP contribution in [0.1, 0.15) is 22.8 Å². The minimum atomic E-state index is -1.16. The van der Waals surface area contributed by atoms with E-state index in [-0.39, 0.29) is 6.61 Å². The van der Waals surface area contributed by atoms with E-state index in [1.165, 1.54) is 13.0 Å². The van der Waals surface area contributed by atoms with Gasteiger partial charge in [-0.1, -0.05) is 0 Å². The Kier molecular flexibility index (Phi) is 3.55. The lowest BCUT2D eigenvalue weighted by Crippen LogP contribution is -2.09. The molecule has 0 bridgehead atoms. The lowest BCUT2D eigenvalue weighted by Gasteiger charge is -2.04. The Morgan fingerprint density at radius 2 is 2.19 bits per heavy atom. The third-order valence-electron chi connectivity index (χ3n) is 1.89. The highest BCUT2D eigenvalue weighted by Crippen LogP contribution is 2.23. The monoisotopic (exact) mass is 227 g/mol. The zero-order chi connectivity index (χ0) is 12.3. The van der Waals surface area contributed by atoms with Crippen molar-refractivity contribution in [3.05, 3.63) is 39.2 Å². The number of hydrogen-bond acceptors (Lipinski definition) is 4. The van der Waals surface area contributed by atoms with Gasteiger partial charge in [0.2, 0.25) is 5.82 Å². The first kappa shape index (κ1) is 12.1. The summed E-state index contributed by atoms with van der Waals surface area (Å²) in [6, 6.07) is 2.29. The molecule has 0 aliphatic heterocycles. The Hall–Kier alpha value is -1.98. The molecule has 0 saturated heterocycles. The fourth-order valence-electron chi connectivity index (χ4n) is 1.24. The molecule has 0 saturated carbocycles. The van der Waals surface area contributed by atoms with E-state index in [0.29, 0.717) is 5.56 Å². The van der Waals surface area contributed by atoms with Crippen molar-refractivity contribution >= 4 is 11.7 Å². The summed E-state index contributed by atoms with van der Waals surface area (Å²) in [5, 5.41) is 10.5. The maximum absolute atomic E-state index is 13.5. The van der Waals surface area contributed by atoms with E-state index >= 15 is 0 Å². The predicted molar refractivity (Wildman–Crippen MR) is 53.7 cm³/mol. The summed E-state index contributed by atoms with van der Waals surface area (Å²) in [4.78, 5) is 21.0. The van der Waals surface area contributed by atoms with Crippen LogP contribution in [0.2, 0.25) is 0 Å². The number of carbonyl (C=O) groups is 1. The summed E-state index contributed by atoms with van der Waals surface area (Å²) >= 11 is 0. The normalized spacial score (nSPS) is 9.94. The second-order valence-electron chi connectivity index (χ2n) is 3.12. The maximum Gasteiger partial charge on any atom is 0.341 e. The van der Waals surface area contributed by atoms with Crippen molar-refractivity contribution in [2.45, 2.75) is 13.8 Å². The largest absolute Gasteiger partial charge is 0.462 e. The number of ether oxygens (including phenoxy) is 1. The van der Waals surface area contributed by atoms with E-state index in [1.54, 1.807) is 6.92 Å². The van der Waals surface area contributed by atoms with E-state index in [9.17, 15) is 19.3 Å². The molecular weight excluding hydrogens is 217 g/mol. The summed E-state index contributed by atoms with van der Waals surface area (Å²) in [7, 11) is 0. The Bertz CT molecular complexity index is 445. The zero-order valence-corrected chi connectivity index (χ0v) is 8.82. The second-order valence-corrected chi connectivity index (χ2v) is 3.12. The van der Waals surface area contributed by atoms with Crippen LogP contribution in [0.25, 0.3) is 0 Å². The first-order valence-corrected chi connectivity index (χ1v) is 4.59. The summed E-state index contributed by atoms with van der Waals surface area (Å²) in [5.41, 5.74) is -0.701. The quantitative estimate of drug-likeness (QED) is 0.451. The molecule has 1 aromatic carbocycles. The number of rotatable bonds is 3. The van der Waals surface area contributed by atoms with Crippen molar-refractivity contribution in [3.8, 4) is 0 Å². The molecule has 5 nitrogen and oxygen atoms in total. The molecule has 0 aliphatic rings. The molecular formula is C10H10FNO4. The lowest BCUT2D eigenvalue weighted by atomic mass is 10.1. The Labute approximate surface area is 91.0 Å². The van der Waals surface area contributed by atoms with Gasteiger partial charge in [0.05, 0.1) is 11.5 Å². The van der Waals surface area contributed by atoms with Gasteiger partial charge in [-0.25, -0.2) is 4.79 Å². The highest BCUT2D eigenvalue weighted by Gasteiger charge is 2.23. The van der Waals surface area contributed by atoms with E-state index < -0.39 is 28.0 Å². The van der Waals surface area contributed by atoms with E-state index in [2.05, 4.69) is 4.74 Å². The highest BCUT2D eigenvalue weighted by molar-refractivity contribution is 5.90. The van der Waals surface area contributed by atoms with Gasteiger partial charge in [0.25, 0.3) is 0 Å². The standard InChI is InChI=1S/C10H10FNO4/c1-3-16-10(13)7-4-6(2)5-8(9(7)11)12(14)15/h4-5H,3H2,1-2H3. The number of nitrogens with zero attached hydrogens (tertiary/aromatic N) is 1. The van der Waals surface area contributed by atoms with Gasteiger partial charge in [0.1, 0.15) is 5.56 Å². The number of nitro groups is 1. The molecule has 0 atom stereocenters. The molecule has 0 amide bonds. The molecule has 0 radical (unpaired) electrons. The van der Waals surface area contributed by atoms with Gasteiger partial charge in [-0.2, -0.15) is 4.39 Å². The molecule has 6 heteroatoms. The lowest BCUT2D eigenvalue weighted by molar-refractivity contribution is -0.387. The molecule has 0 fully saturated rings. The van der Waals surface area contributed by atoms with Crippen LogP contribution >= 0.6 is 0 Å². The summed E-state index contributed by atoms with van der Waals surface area (Å²) in [6.45, 7) is 3.19. The average Bonchev–Trinajstić information content (AvgIpc) is 2.20. The maximum atomic E-state index is 13.5. The number of esters is 1. The van der Waals surface area contributed by atoms with Crippen LogP contribution in [0.5, 0.6) is 0 Å². The minimum absolute atomic E-state index is 0.0833. The molecule has 0 N–H and O–H groups in total. The van der Waals surface area contributed by atoms with Crippen molar-refractivity contribution in [2.75, 3.05) is 6.61 Å². The molecule has 0 aliphatic carbocycles. The predicted octanol–water partition coefficient (Wildman–Crippen LogP) is 2.22. The number of carbonyl (C=O) groups excluding carboxylic acids is 1. The van der Waals surface area contributed by atoms with E-state index in [1.807, 2.05) is 0 Å². The van der Waals surface area contributed by atoms with Crippen LogP contribution in [0.4, 0.5) is 10.1 Å². The first-order valence-electron chi connectivity index (χ1n) is 4.59. The van der Waals surface area contributed by atoms with Gasteiger partial charge in [-0.3, -0.25) is 10.1 Å². The van der Waals surface area contributed by atoms with Crippen LogP contribution in [-0.4, -0.2) is 17.5 Å². The minimum Gasteiger partial charge on any atom is -0.462 e.